The van der Waals surface area contributed by atoms with E-state index in [1.165, 1.54) is 0 Å². The molecule has 1 aromatic rings. The maximum absolute atomic E-state index is 5.12. The van der Waals surface area contributed by atoms with E-state index in [9.17, 15) is 0 Å². The third-order valence-corrected chi connectivity index (χ3v) is 2.11. The summed E-state index contributed by atoms with van der Waals surface area (Å²) in [5.74, 6) is 0. The van der Waals surface area contributed by atoms with E-state index in [4.69, 9.17) is 11.9 Å². The van der Waals surface area contributed by atoms with Gasteiger partial charge < -0.3 is 0 Å². The van der Waals surface area contributed by atoms with Crippen LogP contribution in [0.15, 0.2) is 30.3 Å². The van der Waals surface area contributed by atoms with E-state index < -0.39 is 0 Å². The van der Waals surface area contributed by atoms with Crippen LogP contribution in [-0.4, -0.2) is 20.2 Å². The van der Waals surface area contributed by atoms with Crippen LogP contribution in [0.25, 0.3) is 0 Å². The van der Waals surface area contributed by atoms with Crippen molar-refractivity contribution in [3.05, 3.63) is 35.9 Å². The van der Waals surface area contributed by atoms with Gasteiger partial charge in [0.25, 0.3) is 0 Å². The van der Waals surface area contributed by atoms with E-state index in [0.29, 0.717) is 4.60 Å². The van der Waals surface area contributed by atoms with E-state index in [1.807, 2.05) is 30.3 Å². The van der Waals surface area contributed by atoms with Crippen LogP contribution < -0.4 is 0 Å². The average molecular weight is 256 g/mol. The molecule has 0 aromatic heterocycles. The third kappa shape index (κ3) is 3.26. The van der Waals surface area contributed by atoms with Crippen LogP contribution >= 0.6 is 24.3 Å². The summed E-state index contributed by atoms with van der Waals surface area (Å²) in [7, 11) is 0. The maximum atomic E-state index is 5.12. The molecule has 0 aliphatic carbocycles. The molecule has 0 unspecified atom stereocenters. The van der Waals surface area contributed by atoms with E-state index >= 15 is 0 Å². The Morgan fingerprint density at radius 3 is 2.27 bits per heavy atom. The molecule has 0 heterocycles. The van der Waals surface area contributed by atoms with Gasteiger partial charge in [0.2, 0.25) is 0 Å². The molecule has 11 heavy (non-hydrogen) atoms. The van der Waals surface area contributed by atoms with Crippen molar-refractivity contribution in [2.24, 2.45) is 0 Å². The van der Waals surface area contributed by atoms with Crippen molar-refractivity contribution in [2.45, 2.75) is 0 Å². The van der Waals surface area contributed by atoms with Gasteiger partial charge in [0.1, 0.15) is 0 Å². The van der Waals surface area contributed by atoms with E-state index in [0.717, 1.165) is 5.56 Å². The quantitative estimate of drug-likeness (QED) is 0.734. The fourth-order valence-electron chi connectivity index (χ4n) is 0.619. The molecule has 0 spiro atoms. The summed E-state index contributed by atoms with van der Waals surface area (Å²) in [6.07, 6.45) is 0. The second-order valence-electron chi connectivity index (χ2n) is 1.73. The Bertz CT molecular complexity index is 225. The van der Waals surface area contributed by atoms with Crippen LogP contribution in [0.3, 0.4) is 0 Å². The summed E-state index contributed by atoms with van der Waals surface area (Å²) in [4.78, 5) is 0. The van der Waals surface area contributed by atoms with Crippen molar-refractivity contribution in [2.75, 3.05) is 0 Å². The van der Waals surface area contributed by atoms with Crippen molar-refractivity contribution in [3.63, 3.8) is 0 Å². The molecular weight excluding hydrogens is 250 g/mol. The van der Waals surface area contributed by atoms with Gasteiger partial charge in [-0.2, -0.15) is 0 Å². The van der Waals surface area contributed by atoms with Gasteiger partial charge in [-0.25, -0.2) is 0 Å². The van der Waals surface area contributed by atoms with Gasteiger partial charge >= 0.3 is 72.2 Å². The van der Waals surface area contributed by atoms with Crippen LogP contribution in [0, 0.1) is 0 Å². The van der Waals surface area contributed by atoms with E-state index in [2.05, 4.69) is 19.9 Å². The summed E-state index contributed by atoms with van der Waals surface area (Å²) >= 11 is 7.82. The van der Waals surface area contributed by atoms with Gasteiger partial charge in [0, 0.05) is 0 Å². The Morgan fingerprint density at radius 1 is 1.27 bits per heavy atom. The van der Waals surface area contributed by atoms with Crippen LogP contribution in [0.2, 0.25) is 0 Å². The van der Waals surface area contributed by atoms with Crippen molar-refractivity contribution in [1.29, 1.82) is 0 Å². The van der Waals surface area contributed by atoms with E-state index in [1.54, 1.807) is 0 Å². The van der Waals surface area contributed by atoms with Crippen molar-refractivity contribution in [3.8, 4) is 0 Å². The number of benzene rings is 1. The van der Waals surface area contributed by atoms with Crippen molar-refractivity contribution in [1.82, 2.24) is 0 Å². The zero-order valence-corrected chi connectivity index (χ0v) is 8.77. The second kappa shape index (κ2) is 5.62. The van der Waals surface area contributed by atoms with Crippen LogP contribution in [0.1, 0.15) is 5.56 Å². The SMILES string of the molecule is Cl.ClOC(=[Se])c1ccccc1. The Kier molecular flexibility index (Phi) is 5.61. The topological polar surface area (TPSA) is 9.23 Å². The molecule has 0 atom stereocenters. The number of hydrogen-bond donors (Lipinski definition) is 0. The molecule has 0 N–H and O–H groups in total. The fraction of sp³-hybridized carbons (Fsp3) is 0. The number of rotatable bonds is 2. The van der Waals surface area contributed by atoms with Crippen molar-refractivity contribution >= 4 is 44.5 Å². The standard InChI is InChI=1S/C7H5ClOSe.ClH/c8-9-7(10)6-4-2-1-3-5-6;/h1-5H;1H. The fourth-order valence-corrected chi connectivity index (χ4v) is 0.993. The van der Waals surface area contributed by atoms with Gasteiger partial charge in [-0.15, -0.1) is 12.4 Å². The molecule has 1 aromatic carbocycles. The third-order valence-electron chi connectivity index (χ3n) is 1.08. The predicted octanol–water partition coefficient (Wildman–Crippen LogP) is 1.93. The molecule has 60 valence electrons. The minimum absolute atomic E-state index is 0. The van der Waals surface area contributed by atoms with Crippen LogP contribution in [0.4, 0.5) is 0 Å². The summed E-state index contributed by atoms with van der Waals surface area (Å²) in [6.45, 7) is 0. The van der Waals surface area contributed by atoms with Gasteiger partial charge in [0.15, 0.2) is 0 Å². The molecule has 0 aliphatic rings. The zero-order valence-electron chi connectivity index (χ0n) is 5.49. The molecule has 0 amide bonds. The Morgan fingerprint density at radius 2 is 1.82 bits per heavy atom. The summed E-state index contributed by atoms with van der Waals surface area (Å²) in [6, 6.07) is 9.60. The molecule has 4 heteroatoms. The predicted molar refractivity (Wildman–Crippen MR) is 50.5 cm³/mol. The Hall–Kier alpha value is -0.0105. The molecule has 0 saturated heterocycles. The number of halogens is 2. The molecule has 0 fully saturated rings. The monoisotopic (exact) mass is 256 g/mol. The minimum atomic E-state index is 0. The first-order valence-corrected chi connectivity index (χ1v) is 3.89. The second-order valence-corrected chi connectivity index (χ2v) is 2.66. The molecule has 1 nitrogen and oxygen atoms in total. The first kappa shape index (κ1) is 11.0. The van der Waals surface area contributed by atoms with Gasteiger partial charge in [-0.3, -0.25) is 0 Å². The number of hydrogen-bond acceptors (Lipinski definition) is 1. The Labute approximate surface area is 84.6 Å². The summed E-state index contributed by atoms with van der Waals surface area (Å²) in [5.41, 5.74) is 0.956. The first-order valence-electron chi connectivity index (χ1n) is 2.72. The summed E-state index contributed by atoms with van der Waals surface area (Å²) < 4.78 is 5.07. The van der Waals surface area contributed by atoms with Crippen LogP contribution in [-0.2, 0) is 4.29 Å². The first-order chi connectivity index (χ1) is 4.84. The molecule has 0 bridgehead atoms. The molecular formula is C7H6Cl2OSe. The summed E-state index contributed by atoms with van der Waals surface area (Å²) in [5, 5.41) is 0. The zero-order chi connectivity index (χ0) is 7.40. The molecule has 1 rings (SSSR count). The van der Waals surface area contributed by atoms with Gasteiger partial charge in [-0.1, -0.05) is 0 Å². The Balaban J connectivity index is 0.000001000. The van der Waals surface area contributed by atoms with Gasteiger partial charge in [-0.05, 0) is 0 Å². The average Bonchev–Trinajstić information content (AvgIpc) is 2.05. The van der Waals surface area contributed by atoms with E-state index in [-0.39, 0.29) is 12.4 Å². The molecule has 0 radical (unpaired) electrons. The molecule has 0 aliphatic heterocycles. The molecule has 0 saturated carbocycles. The van der Waals surface area contributed by atoms with Gasteiger partial charge in [0.05, 0.1) is 0 Å². The normalized spacial score (nSPS) is 8.09. The van der Waals surface area contributed by atoms with Crippen molar-refractivity contribution < 1.29 is 4.29 Å². The van der Waals surface area contributed by atoms with Crippen LogP contribution in [0.5, 0.6) is 0 Å².